The number of ether oxygens (including phenoxy) is 2. The fraction of sp³-hybridized carbons (Fsp3) is 0.278. The minimum Gasteiger partial charge on any atom is -0.439 e. The van der Waals surface area contributed by atoms with Crippen LogP contribution >= 0.6 is 0 Å². The molecule has 1 fully saturated rings. The molecule has 0 radical (unpaired) electrons. The first-order chi connectivity index (χ1) is 14.9. The Morgan fingerprint density at radius 3 is 2.58 bits per heavy atom. The van der Waals surface area contributed by atoms with Crippen molar-refractivity contribution in [3.8, 4) is 0 Å². The maximum Gasteiger partial charge on any atom is 0.405 e. The largest absolute Gasteiger partial charge is 0.439 e. The molecule has 3 heterocycles. The molecule has 162 valence electrons. The summed E-state index contributed by atoms with van der Waals surface area (Å²) in [4.78, 5) is 37.3. The van der Waals surface area contributed by atoms with Crippen LogP contribution in [0.4, 0.5) is 21.1 Å². The van der Waals surface area contributed by atoms with Crippen LogP contribution in [0.25, 0.3) is 11.2 Å². The van der Waals surface area contributed by atoms with Gasteiger partial charge in [-0.2, -0.15) is 0 Å². The molecule has 6 N–H and O–H groups in total. The maximum absolute atomic E-state index is 12.2. The SMILES string of the molecule is NC(=O)O[C@@H]1[C@H](O)[C@@H](CO)O[C@H]1n1cnc2c(N(C(N)=O)c3ccccc3)ncnc21. The highest BCUT2D eigenvalue weighted by atomic mass is 16.6. The summed E-state index contributed by atoms with van der Waals surface area (Å²) in [5.41, 5.74) is 11.6. The smallest absolute Gasteiger partial charge is 0.405 e. The number of aromatic nitrogens is 4. The van der Waals surface area contributed by atoms with Crippen molar-refractivity contribution in [2.24, 2.45) is 11.5 Å². The van der Waals surface area contributed by atoms with Crippen LogP contribution in [0.2, 0.25) is 0 Å². The van der Waals surface area contributed by atoms with E-state index in [1.807, 2.05) is 0 Å². The van der Waals surface area contributed by atoms with Crippen LogP contribution in [-0.2, 0) is 9.47 Å². The van der Waals surface area contributed by atoms with Gasteiger partial charge >= 0.3 is 12.1 Å². The normalized spacial score (nSPS) is 23.0. The molecule has 0 aliphatic carbocycles. The van der Waals surface area contributed by atoms with Crippen molar-refractivity contribution in [1.29, 1.82) is 0 Å². The average Bonchev–Trinajstić information content (AvgIpc) is 3.30. The highest BCUT2D eigenvalue weighted by Crippen LogP contribution is 2.35. The van der Waals surface area contributed by atoms with Crippen LogP contribution in [0.3, 0.4) is 0 Å². The van der Waals surface area contributed by atoms with Crippen molar-refractivity contribution in [2.45, 2.75) is 24.5 Å². The number of carbonyl (C=O) groups is 2. The lowest BCUT2D eigenvalue weighted by atomic mass is 10.1. The Morgan fingerprint density at radius 2 is 1.94 bits per heavy atom. The number of nitrogens with zero attached hydrogens (tertiary/aromatic N) is 5. The molecule has 3 aromatic rings. The molecule has 13 nitrogen and oxygen atoms in total. The number of amides is 3. The second kappa shape index (κ2) is 8.14. The third-order valence-electron chi connectivity index (χ3n) is 4.81. The van der Waals surface area contributed by atoms with E-state index in [1.165, 1.54) is 22.1 Å². The van der Waals surface area contributed by atoms with Gasteiger partial charge in [-0.3, -0.25) is 4.57 Å². The number of urea groups is 1. The molecule has 1 saturated heterocycles. The van der Waals surface area contributed by atoms with E-state index in [0.717, 1.165) is 0 Å². The van der Waals surface area contributed by atoms with Crippen LogP contribution in [0.1, 0.15) is 6.23 Å². The number of fused-ring (bicyclic) bond motifs is 1. The van der Waals surface area contributed by atoms with Crippen molar-refractivity contribution in [3.63, 3.8) is 0 Å². The molecule has 0 saturated carbocycles. The van der Waals surface area contributed by atoms with Crippen molar-refractivity contribution >= 4 is 34.8 Å². The Labute approximate surface area is 174 Å². The maximum atomic E-state index is 12.2. The lowest BCUT2D eigenvalue weighted by molar-refractivity contribution is -0.0523. The summed E-state index contributed by atoms with van der Waals surface area (Å²) in [6.45, 7) is -0.521. The number of aliphatic hydroxyl groups excluding tert-OH is 2. The third-order valence-corrected chi connectivity index (χ3v) is 4.81. The molecule has 0 spiro atoms. The Balaban J connectivity index is 1.80. The molecule has 31 heavy (non-hydrogen) atoms. The first-order valence-electron chi connectivity index (χ1n) is 9.15. The lowest BCUT2D eigenvalue weighted by Crippen LogP contribution is -2.38. The van der Waals surface area contributed by atoms with Crippen molar-refractivity contribution in [1.82, 2.24) is 19.5 Å². The summed E-state index contributed by atoms with van der Waals surface area (Å²) >= 11 is 0. The topological polar surface area (TPSA) is 192 Å². The van der Waals surface area contributed by atoms with Gasteiger partial charge in [0, 0.05) is 0 Å². The van der Waals surface area contributed by atoms with Crippen LogP contribution in [0, 0.1) is 0 Å². The monoisotopic (exact) mass is 429 g/mol. The minimum atomic E-state index is -1.34. The summed E-state index contributed by atoms with van der Waals surface area (Å²) in [5.74, 6) is 0.118. The average molecular weight is 429 g/mol. The predicted molar refractivity (Wildman–Crippen MR) is 105 cm³/mol. The second-order valence-electron chi connectivity index (χ2n) is 6.67. The number of benzene rings is 1. The van der Waals surface area contributed by atoms with Crippen molar-refractivity contribution in [3.05, 3.63) is 43.0 Å². The van der Waals surface area contributed by atoms with Gasteiger partial charge in [-0.25, -0.2) is 29.4 Å². The minimum absolute atomic E-state index is 0.118. The zero-order valence-corrected chi connectivity index (χ0v) is 16.0. The van der Waals surface area contributed by atoms with Gasteiger partial charge in [-0.05, 0) is 12.1 Å². The Bertz CT molecular complexity index is 1110. The van der Waals surface area contributed by atoms with Gasteiger partial charge < -0.3 is 31.2 Å². The number of carbonyl (C=O) groups excluding carboxylic acids is 2. The Morgan fingerprint density at radius 1 is 1.19 bits per heavy atom. The molecule has 0 bridgehead atoms. The van der Waals surface area contributed by atoms with Gasteiger partial charge in [-0.1, -0.05) is 18.2 Å². The van der Waals surface area contributed by atoms with E-state index in [-0.39, 0.29) is 17.0 Å². The number of primary amides is 2. The van der Waals surface area contributed by atoms with Crippen LogP contribution in [-0.4, -0.2) is 66.8 Å². The molecule has 2 aromatic heterocycles. The van der Waals surface area contributed by atoms with E-state index in [2.05, 4.69) is 15.0 Å². The summed E-state index contributed by atoms with van der Waals surface area (Å²) in [6.07, 6.45) is -3.29. The molecule has 1 aromatic carbocycles. The summed E-state index contributed by atoms with van der Waals surface area (Å²) in [5, 5.41) is 19.8. The standard InChI is InChI=1S/C18H19N7O6/c19-17(28)25(9-4-2-1-3-5-9)15-11-14(21-7-22-15)24(8-23-11)16-13(31-18(20)29)12(27)10(6-26)30-16/h1-5,7-8,10,12-13,16,26-27H,6H2,(H2,19,28)(H2,20,29)/t10-,12-,13-,16-/m1/s1. The van der Waals surface area contributed by atoms with Gasteiger partial charge in [0.25, 0.3) is 0 Å². The zero-order chi connectivity index (χ0) is 22.1. The molecule has 13 heteroatoms. The number of hydrogen-bond donors (Lipinski definition) is 4. The summed E-state index contributed by atoms with van der Waals surface area (Å²) < 4.78 is 12.0. The van der Waals surface area contributed by atoms with Gasteiger partial charge in [-0.15, -0.1) is 0 Å². The van der Waals surface area contributed by atoms with Gasteiger partial charge in [0.1, 0.15) is 18.5 Å². The number of hydrogen-bond acceptors (Lipinski definition) is 9. The number of imidazole rings is 1. The van der Waals surface area contributed by atoms with Crippen LogP contribution in [0.15, 0.2) is 43.0 Å². The van der Waals surface area contributed by atoms with Crippen molar-refractivity contribution < 1.29 is 29.3 Å². The quantitative estimate of drug-likeness (QED) is 0.423. The molecule has 4 rings (SSSR count). The zero-order valence-electron chi connectivity index (χ0n) is 16.0. The Kier molecular flexibility index (Phi) is 5.37. The third kappa shape index (κ3) is 3.61. The fourth-order valence-electron chi connectivity index (χ4n) is 3.47. The first kappa shape index (κ1) is 20.5. The lowest BCUT2D eigenvalue weighted by Gasteiger charge is -2.21. The van der Waals surface area contributed by atoms with E-state index < -0.39 is 43.3 Å². The molecule has 4 atom stereocenters. The molecular weight excluding hydrogens is 410 g/mol. The van der Waals surface area contributed by atoms with Crippen LogP contribution < -0.4 is 16.4 Å². The number of rotatable bonds is 5. The van der Waals surface area contributed by atoms with E-state index in [1.54, 1.807) is 30.3 Å². The number of nitrogens with two attached hydrogens (primary N) is 2. The molecule has 1 aliphatic heterocycles. The van der Waals surface area contributed by atoms with Gasteiger partial charge in [0.15, 0.2) is 29.3 Å². The van der Waals surface area contributed by atoms with E-state index >= 15 is 0 Å². The van der Waals surface area contributed by atoms with E-state index in [9.17, 15) is 19.8 Å². The highest BCUT2D eigenvalue weighted by molar-refractivity contribution is 6.03. The summed E-state index contributed by atoms with van der Waals surface area (Å²) in [7, 11) is 0. The molecule has 0 unspecified atom stereocenters. The molecular formula is C18H19N7O6. The van der Waals surface area contributed by atoms with Crippen LogP contribution in [0.5, 0.6) is 0 Å². The molecule has 3 amide bonds. The van der Waals surface area contributed by atoms with E-state index in [4.69, 9.17) is 20.9 Å². The van der Waals surface area contributed by atoms with Crippen molar-refractivity contribution in [2.75, 3.05) is 11.5 Å². The number of aliphatic hydroxyl groups is 2. The molecule has 1 aliphatic rings. The summed E-state index contributed by atoms with van der Waals surface area (Å²) in [6, 6.07) is 7.81. The van der Waals surface area contributed by atoms with Gasteiger partial charge in [0.05, 0.1) is 18.6 Å². The highest BCUT2D eigenvalue weighted by Gasteiger charge is 2.47. The fourth-order valence-corrected chi connectivity index (χ4v) is 3.47. The first-order valence-corrected chi connectivity index (χ1v) is 9.15. The van der Waals surface area contributed by atoms with E-state index in [0.29, 0.717) is 5.69 Å². The Hall–Kier alpha value is -3.81. The van der Waals surface area contributed by atoms with Gasteiger partial charge in [0.2, 0.25) is 0 Å². The predicted octanol–water partition coefficient (Wildman–Crippen LogP) is -0.242. The number of anilines is 2. The number of para-hydroxylation sites is 1. The second-order valence-corrected chi connectivity index (χ2v) is 6.67.